The lowest BCUT2D eigenvalue weighted by Gasteiger charge is -2.23. The highest BCUT2D eigenvalue weighted by atomic mass is 16.3. The molecule has 1 unspecified atom stereocenters. The molecule has 1 atom stereocenters. The quantitative estimate of drug-likeness (QED) is 0.897. The van der Waals surface area contributed by atoms with Gasteiger partial charge in [-0.3, -0.25) is 9.78 Å². The van der Waals surface area contributed by atoms with Crippen LogP contribution in [0.1, 0.15) is 24.6 Å². The van der Waals surface area contributed by atoms with E-state index in [1.165, 1.54) is 0 Å². The summed E-state index contributed by atoms with van der Waals surface area (Å²) in [5, 5.41) is 13.2. The first kappa shape index (κ1) is 14.2. The summed E-state index contributed by atoms with van der Waals surface area (Å²) in [6, 6.07) is 12.7. The van der Waals surface area contributed by atoms with Crippen LogP contribution in [0.4, 0.5) is 5.69 Å². The maximum absolute atomic E-state index is 12.0. The van der Waals surface area contributed by atoms with Crippen LogP contribution in [-0.4, -0.2) is 16.0 Å². The Hall–Kier alpha value is -2.20. The molecule has 1 aromatic carbocycles. The molecule has 4 heteroatoms. The van der Waals surface area contributed by atoms with E-state index in [4.69, 9.17) is 0 Å². The fourth-order valence-electron chi connectivity index (χ4n) is 2.04. The van der Waals surface area contributed by atoms with Crippen molar-refractivity contribution in [3.63, 3.8) is 0 Å². The smallest absolute Gasteiger partial charge is 0.227 e. The SMILES string of the molecule is Cc1cc(NC(=O)CC(C)(O)c2ccccc2)ccn1. The van der Waals surface area contributed by atoms with Crippen molar-refractivity contribution in [3.8, 4) is 0 Å². The Labute approximate surface area is 118 Å². The van der Waals surface area contributed by atoms with Gasteiger partial charge in [0, 0.05) is 17.6 Å². The summed E-state index contributed by atoms with van der Waals surface area (Å²) in [5.74, 6) is -0.232. The first-order chi connectivity index (χ1) is 9.47. The first-order valence-electron chi connectivity index (χ1n) is 6.48. The predicted molar refractivity (Wildman–Crippen MR) is 78.2 cm³/mol. The molecule has 4 nitrogen and oxygen atoms in total. The third-order valence-electron chi connectivity index (χ3n) is 3.08. The van der Waals surface area contributed by atoms with Crippen LogP contribution in [0.3, 0.4) is 0 Å². The summed E-state index contributed by atoms with van der Waals surface area (Å²) < 4.78 is 0. The molecule has 1 heterocycles. The zero-order valence-corrected chi connectivity index (χ0v) is 11.6. The van der Waals surface area contributed by atoms with Gasteiger partial charge in [0.15, 0.2) is 0 Å². The van der Waals surface area contributed by atoms with Gasteiger partial charge in [-0.25, -0.2) is 0 Å². The van der Waals surface area contributed by atoms with Gasteiger partial charge >= 0.3 is 0 Å². The minimum Gasteiger partial charge on any atom is -0.385 e. The maximum Gasteiger partial charge on any atom is 0.227 e. The summed E-state index contributed by atoms with van der Waals surface area (Å²) in [6.07, 6.45) is 1.64. The molecule has 0 spiro atoms. The number of carbonyl (C=O) groups is 1. The molecule has 20 heavy (non-hydrogen) atoms. The van der Waals surface area contributed by atoms with Crippen molar-refractivity contribution in [2.24, 2.45) is 0 Å². The van der Waals surface area contributed by atoms with Crippen molar-refractivity contribution in [2.75, 3.05) is 5.32 Å². The second kappa shape index (κ2) is 5.84. The van der Waals surface area contributed by atoms with Crippen LogP contribution in [0, 0.1) is 6.92 Å². The van der Waals surface area contributed by atoms with E-state index in [2.05, 4.69) is 10.3 Å². The number of hydrogen-bond acceptors (Lipinski definition) is 3. The molecule has 0 aliphatic heterocycles. The molecule has 0 aliphatic carbocycles. The number of aryl methyl sites for hydroxylation is 1. The van der Waals surface area contributed by atoms with E-state index in [1.807, 2.05) is 37.3 Å². The van der Waals surface area contributed by atoms with Gasteiger partial charge in [-0.15, -0.1) is 0 Å². The number of rotatable bonds is 4. The minimum absolute atomic E-state index is 0.00160. The molecule has 2 N–H and O–H groups in total. The zero-order valence-electron chi connectivity index (χ0n) is 11.6. The number of amides is 1. The Morgan fingerprint density at radius 2 is 2.00 bits per heavy atom. The maximum atomic E-state index is 12.0. The average Bonchev–Trinajstić information content (AvgIpc) is 2.39. The number of hydrogen-bond donors (Lipinski definition) is 2. The number of benzene rings is 1. The fourth-order valence-corrected chi connectivity index (χ4v) is 2.04. The Morgan fingerprint density at radius 3 is 2.65 bits per heavy atom. The Balaban J connectivity index is 2.04. The van der Waals surface area contributed by atoms with E-state index in [1.54, 1.807) is 25.3 Å². The summed E-state index contributed by atoms with van der Waals surface area (Å²) >= 11 is 0. The number of aliphatic hydroxyl groups is 1. The van der Waals surface area contributed by atoms with Crippen molar-refractivity contribution in [2.45, 2.75) is 25.9 Å². The molecule has 2 rings (SSSR count). The van der Waals surface area contributed by atoms with Crippen molar-refractivity contribution in [3.05, 3.63) is 59.9 Å². The lowest BCUT2D eigenvalue weighted by Crippen LogP contribution is -2.28. The van der Waals surface area contributed by atoms with Gasteiger partial charge in [-0.2, -0.15) is 0 Å². The molecule has 1 aromatic heterocycles. The van der Waals surface area contributed by atoms with Gasteiger partial charge in [0.05, 0.1) is 12.0 Å². The van der Waals surface area contributed by atoms with Gasteiger partial charge in [0.1, 0.15) is 0 Å². The molecule has 0 fully saturated rings. The third-order valence-corrected chi connectivity index (χ3v) is 3.08. The van der Waals surface area contributed by atoms with Crippen molar-refractivity contribution in [1.82, 2.24) is 4.98 Å². The van der Waals surface area contributed by atoms with Crippen LogP contribution in [0.25, 0.3) is 0 Å². The number of nitrogens with one attached hydrogen (secondary N) is 1. The number of pyridine rings is 1. The van der Waals surface area contributed by atoms with Crippen LogP contribution in [0.2, 0.25) is 0 Å². The van der Waals surface area contributed by atoms with E-state index in [0.29, 0.717) is 5.69 Å². The molecule has 0 aliphatic rings. The van der Waals surface area contributed by atoms with Crippen LogP contribution in [-0.2, 0) is 10.4 Å². The minimum atomic E-state index is -1.19. The fraction of sp³-hybridized carbons (Fsp3) is 0.250. The highest BCUT2D eigenvalue weighted by Crippen LogP contribution is 2.24. The summed E-state index contributed by atoms with van der Waals surface area (Å²) in [7, 11) is 0. The number of carbonyl (C=O) groups excluding carboxylic acids is 1. The van der Waals surface area contributed by atoms with Gasteiger partial charge < -0.3 is 10.4 Å². The topological polar surface area (TPSA) is 62.2 Å². The molecule has 0 saturated heterocycles. The van der Waals surface area contributed by atoms with E-state index in [9.17, 15) is 9.90 Å². The van der Waals surface area contributed by atoms with E-state index < -0.39 is 5.60 Å². The Morgan fingerprint density at radius 1 is 1.30 bits per heavy atom. The summed E-state index contributed by atoms with van der Waals surface area (Å²) in [5.41, 5.74) is 1.05. The van der Waals surface area contributed by atoms with E-state index in [-0.39, 0.29) is 12.3 Å². The van der Waals surface area contributed by atoms with Gasteiger partial charge in [-0.05, 0) is 31.5 Å². The number of nitrogens with zero attached hydrogens (tertiary/aromatic N) is 1. The largest absolute Gasteiger partial charge is 0.385 e. The van der Waals surface area contributed by atoms with Crippen LogP contribution >= 0.6 is 0 Å². The molecule has 104 valence electrons. The van der Waals surface area contributed by atoms with E-state index in [0.717, 1.165) is 11.3 Å². The monoisotopic (exact) mass is 270 g/mol. The second-order valence-corrected chi connectivity index (χ2v) is 5.05. The van der Waals surface area contributed by atoms with Gasteiger partial charge in [0.2, 0.25) is 5.91 Å². The Kier molecular flexibility index (Phi) is 4.15. The summed E-state index contributed by atoms with van der Waals surface area (Å²) in [4.78, 5) is 16.1. The molecule has 2 aromatic rings. The number of anilines is 1. The number of aromatic nitrogens is 1. The van der Waals surface area contributed by atoms with E-state index >= 15 is 0 Å². The normalized spacial score (nSPS) is 13.6. The molecule has 0 radical (unpaired) electrons. The van der Waals surface area contributed by atoms with Gasteiger partial charge in [0.25, 0.3) is 0 Å². The molecule has 1 amide bonds. The van der Waals surface area contributed by atoms with Crippen molar-refractivity contribution in [1.29, 1.82) is 0 Å². The van der Waals surface area contributed by atoms with Crippen molar-refractivity contribution >= 4 is 11.6 Å². The van der Waals surface area contributed by atoms with Crippen LogP contribution in [0.15, 0.2) is 48.7 Å². The molecular weight excluding hydrogens is 252 g/mol. The molecule has 0 saturated carbocycles. The third kappa shape index (κ3) is 3.65. The predicted octanol–water partition coefficient (Wildman–Crippen LogP) is 2.63. The second-order valence-electron chi connectivity index (χ2n) is 5.05. The van der Waals surface area contributed by atoms with Crippen LogP contribution < -0.4 is 5.32 Å². The van der Waals surface area contributed by atoms with Crippen molar-refractivity contribution < 1.29 is 9.90 Å². The first-order valence-corrected chi connectivity index (χ1v) is 6.48. The lowest BCUT2D eigenvalue weighted by atomic mass is 9.92. The standard InChI is InChI=1S/C16H18N2O2/c1-12-10-14(8-9-17-12)18-15(19)11-16(2,20)13-6-4-3-5-7-13/h3-10,20H,11H2,1-2H3,(H,17,18,19). The van der Waals surface area contributed by atoms with Gasteiger partial charge in [-0.1, -0.05) is 30.3 Å². The van der Waals surface area contributed by atoms with Crippen LogP contribution in [0.5, 0.6) is 0 Å². The molecular formula is C16H18N2O2. The average molecular weight is 270 g/mol. The molecule has 0 bridgehead atoms. The Bertz CT molecular complexity index is 594. The summed E-state index contributed by atoms with van der Waals surface area (Å²) in [6.45, 7) is 3.50. The highest BCUT2D eigenvalue weighted by molar-refractivity contribution is 5.91. The highest BCUT2D eigenvalue weighted by Gasteiger charge is 2.26. The zero-order chi connectivity index (χ0) is 14.6. The lowest BCUT2D eigenvalue weighted by molar-refractivity contribution is -0.120.